The maximum atomic E-state index is 13.1. The van der Waals surface area contributed by atoms with Gasteiger partial charge in [-0.3, -0.25) is 9.69 Å². The van der Waals surface area contributed by atoms with Gasteiger partial charge >= 0.3 is 0 Å². The summed E-state index contributed by atoms with van der Waals surface area (Å²) in [5, 5.41) is 5.77. The largest absolute Gasteiger partial charge is 0.486 e. The summed E-state index contributed by atoms with van der Waals surface area (Å²) in [5.74, 6) is 0.586. The van der Waals surface area contributed by atoms with Gasteiger partial charge in [0.05, 0.1) is 12.1 Å². The van der Waals surface area contributed by atoms with Crippen LogP contribution in [0.25, 0.3) is 0 Å². The van der Waals surface area contributed by atoms with Gasteiger partial charge in [-0.05, 0) is 43.3 Å². The summed E-state index contributed by atoms with van der Waals surface area (Å²) < 4.78 is 18.9. The Labute approximate surface area is 198 Å². The molecule has 1 N–H and O–H groups in total. The number of hydrogen-bond acceptors (Lipinski definition) is 6. The SMILES string of the molecule is Cc1ccc(OCc2nc(CC(=O)NCCN3CCN(c4ccc(F)cc4)CC3)cs2)cc1. The maximum absolute atomic E-state index is 13.1. The van der Waals surface area contributed by atoms with Crippen molar-refractivity contribution in [1.29, 1.82) is 0 Å². The second kappa shape index (κ2) is 11.2. The van der Waals surface area contributed by atoms with Crippen molar-refractivity contribution >= 4 is 22.9 Å². The van der Waals surface area contributed by atoms with E-state index in [4.69, 9.17) is 4.74 Å². The molecular weight excluding hydrogens is 439 g/mol. The molecule has 4 rings (SSSR count). The zero-order chi connectivity index (χ0) is 23.0. The highest BCUT2D eigenvalue weighted by atomic mass is 32.1. The molecule has 6 nitrogen and oxygen atoms in total. The fourth-order valence-electron chi connectivity index (χ4n) is 3.74. The van der Waals surface area contributed by atoms with Crippen LogP contribution in [0.5, 0.6) is 5.75 Å². The zero-order valence-electron chi connectivity index (χ0n) is 18.8. The highest BCUT2D eigenvalue weighted by Crippen LogP contribution is 2.18. The second-order valence-electron chi connectivity index (χ2n) is 8.17. The lowest BCUT2D eigenvalue weighted by Gasteiger charge is -2.36. The van der Waals surface area contributed by atoms with Crippen molar-refractivity contribution < 1.29 is 13.9 Å². The molecule has 1 saturated heterocycles. The van der Waals surface area contributed by atoms with Gasteiger partial charge in [0.15, 0.2) is 0 Å². The number of rotatable bonds is 9. The summed E-state index contributed by atoms with van der Waals surface area (Å²) in [6.07, 6.45) is 0.277. The number of amides is 1. The minimum absolute atomic E-state index is 0.0174. The average Bonchev–Trinajstić information content (AvgIpc) is 3.27. The first-order chi connectivity index (χ1) is 16.0. The van der Waals surface area contributed by atoms with E-state index < -0.39 is 0 Å². The van der Waals surface area contributed by atoms with Gasteiger partial charge in [-0.15, -0.1) is 11.3 Å². The molecule has 1 aromatic heterocycles. The van der Waals surface area contributed by atoms with E-state index in [1.807, 2.05) is 48.7 Å². The zero-order valence-corrected chi connectivity index (χ0v) is 19.6. The Hall–Kier alpha value is -2.97. The topological polar surface area (TPSA) is 57.7 Å². The maximum Gasteiger partial charge on any atom is 0.226 e. The molecule has 8 heteroatoms. The predicted octanol–water partition coefficient (Wildman–Crippen LogP) is 3.65. The molecule has 0 atom stereocenters. The van der Waals surface area contributed by atoms with Crippen molar-refractivity contribution in [2.75, 3.05) is 44.2 Å². The number of halogens is 1. The summed E-state index contributed by atoms with van der Waals surface area (Å²) >= 11 is 1.51. The Morgan fingerprint density at radius 2 is 1.82 bits per heavy atom. The average molecular weight is 469 g/mol. The van der Waals surface area contributed by atoms with Crippen molar-refractivity contribution in [3.05, 3.63) is 76.0 Å². The fraction of sp³-hybridized carbons (Fsp3) is 0.360. The summed E-state index contributed by atoms with van der Waals surface area (Å²) in [6.45, 7) is 7.50. The van der Waals surface area contributed by atoms with Gasteiger partial charge < -0.3 is 15.0 Å². The Morgan fingerprint density at radius 3 is 2.55 bits per heavy atom. The molecule has 0 unspecified atom stereocenters. The Kier molecular flexibility index (Phi) is 7.91. The van der Waals surface area contributed by atoms with Crippen molar-refractivity contribution in [2.24, 2.45) is 0 Å². The lowest BCUT2D eigenvalue weighted by atomic mass is 10.2. The number of anilines is 1. The summed E-state index contributed by atoms with van der Waals surface area (Å²) in [5.41, 5.74) is 3.02. The van der Waals surface area contributed by atoms with E-state index in [1.54, 1.807) is 0 Å². The Morgan fingerprint density at radius 1 is 1.09 bits per heavy atom. The minimum Gasteiger partial charge on any atom is -0.486 e. The van der Waals surface area contributed by atoms with Crippen molar-refractivity contribution in [2.45, 2.75) is 20.0 Å². The van der Waals surface area contributed by atoms with Crippen LogP contribution in [-0.4, -0.2) is 55.1 Å². The number of aromatic nitrogens is 1. The Bertz CT molecular complexity index is 1030. The van der Waals surface area contributed by atoms with E-state index in [-0.39, 0.29) is 18.1 Å². The molecule has 0 spiro atoms. The highest BCUT2D eigenvalue weighted by Gasteiger charge is 2.17. The number of nitrogens with one attached hydrogen (secondary N) is 1. The van der Waals surface area contributed by atoms with E-state index in [2.05, 4.69) is 20.1 Å². The number of piperazine rings is 1. The van der Waals surface area contributed by atoms with Crippen molar-refractivity contribution in [3.8, 4) is 5.75 Å². The molecule has 174 valence electrons. The first-order valence-corrected chi connectivity index (χ1v) is 12.1. The minimum atomic E-state index is -0.211. The molecule has 0 radical (unpaired) electrons. The fourth-order valence-corrected chi connectivity index (χ4v) is 4.44. The van der Waals surface area contributed by atoms with Crippen LogP contribution in [0.3, 0.4) is 0 Å². The molecule has 1 fully saturated rings. The quantitative estimate of drug-likeness (QED) is 0.520. The van der Waals surface area contributed by atoms with E-state index >= 15 is 0 Å². The van der Waals surface area contributed by atoms with Crippen LogP contribution in [0.4, 0.5) is 10.1 Å². The first-order valence-electron chi connectivity index (χ1n) is 11.2. The van der Waals surface area contributed by atoms with E-state index in [9.17, 15) is 9.18 Å². The normalized spacial score (nSPS) is 14.3. The lowest BCUT2D eigenvalue weighted by molar-refractivity contribution is -0.120. The third-order valence-electron chi connectivity index (χ3n) is 5.64. The van der Waals surface area contributed by atoms with E-state index in [1.165, 1.54) is 29.0 Å². The number of thiazole rings is 1. The summed E-state index contributed by atoms with van der Waals surface area (Å²) in [6, 6.07) is 14.6. The van der Waals surface area contributed by atoms with Gasteiger partial charge in [-0.2, -0.15) is 0 Å². The highest BCUT2D eigenvalue weighted by molar-refractivity contribution is 7.09. The monoisotopic (exact) mass is 468 g/mol. The number of ether oxygens (including phenoxy) is 1. The van der Waals surface area contributed by atoms with Crippen molar-refractivity contribution in [1.82, 2.24) is 15.2 Å². The predicted molar refractivity (Wildman–Crippen MR) is 129 cm³/mol. The molecule has 3 aromatic rings. The van der Waals surface area contributed by atoms with E-state index in [0.29, 0.717) is 13.2 Å². The summed E-state index contributed by atoms with van der Waals surface area (Å²) in [4.78, 5) is 21.4. The second-order valence-corrected chi connectivity index (χ2v) is 9.11. The third kappa shape index (κ3) is 7.00. The van der Waals surface area contributed by atoms with Gasteiger partial charge in [0.25, 0.3) is 0 Å². The number of carbonyl (C=O) groups excluding carboxylic acids is 1. The number of aryl methyl sites for hydroxylation is 1. The van der Waals surface area contributed by atoms with Gasteiger partial charge in [-0.1, -0.05) is 17.7 Å². The molecule has 0 bridgehead atoms. The number of benzene rings is 2. The molecular formula is C25H29FN4O2S. The number of carbonyl (C=O) groups is 1. The third-order valence-corrected chi connectivity index (χ3v) is 6.51. The first kappa shape index (κ1) is 23.2. The van der Waals surface area contributed by atoms with Crippen LogP contribution in [0, 0.1) is 12.7 Å². The molecule has 33 heavy (non-hydrogen) atoms. The molecule has 2 heterocycles. The van der Waals surface area contributed by atoms with Gasteiger partial charge in [0.2, 0.25) is 5.91 Å². The van der Waals surface area contributed by atoms with Gasteiger partial charge in [0.1, 0.15) is 23.2 Å². The summed E-state index contributed by atoms with van der Waals surface area (Å²) in [7, 11) is 0. The standard InChI is InChI=1S/C25H29FN4O2S/c1-19-2-8-23(9-3-19)32-17-25-28-21(18-33-25)16-24(31)27-10-11-29-12-14-30(15-13-29)22-6-4-20(26)5-7-22/h2-9,18H,10-17H2,1H3,(H,27,31). The van der Waals surface area contributed by atoms with E-state index in [0.717, 1.165) is 54.9 Å². The molecule has 1 amide bonds. The number of nitrogens with zero attached hydrogens (tertiary/aromatic N) is 3. The van der Waals surface area contributed by atoms with Crippen molar-refractivity contribution in [3.63, 3.8) is 0 Å². The smallest absolute Gasteiger partial charge is 0.226 e. The van der Waals surface area contributed by atoms with Crippen LogP contribution >= 0.6 is 11.3 Å². The van der Waals surface area contributed by atoms with Crippen LogP contribution in [0.1, 0.15) is 16.3 Å². The molecule has 2 aromatic carbocycles. The molecule has 1 aliphatic rings. The van der Waals surface area contributed by atoms with Crippen LogP contribution < -0.4 is 15.0 Å². The number of hydrogen-bond donors (Lipinski definition) is 1. The Balaban J connectivity index is 1.12. The lowest BCUT2D eigenvalue weighted by Crippen LogP contribution is -2.48. The molecule has 0 saturated carbocycles. The van der Waals surface area contributed by atoms with Crippen LogP contribution in [0.2, 0.25) is 0 Å². The molecule has 1 aliphatic heterocycles. The van der Waals surface area contributed by atoms with Crippen LogP contribution in [0.15, 0.2) is 53.9 Å². The van der Waals surface area contributed by atoms with Gasteiger partial charge in [0, 0.05) is 50.3 Å². The van der Waals surface area contributed by atoms with Gasteiger partial charge in [-0.25, -0.2) is 9.37 Å². The molecule has 0 aliphatic carbocycles. The van der Waals surface area contributed by atoms with Crippen LogP contribution in [-0.2, 0) is 17.8 Å².